The average molecular weight is 344 g/mol. The minimum atomic E-state index is -0.945. The van der Waals surface area contributed by atoms with E-state index in [4.69, 9.17) is 4.74 Å². The molecule has 0 unspecified atom stereocenters. The van der Waals surface area contributed by atoms with E-state index in [0.29, 0.717) is 6.54 Å². The normalized spacial score (nSPS) is 27.5. The number of carbonyl (C=O) groups is 2. The molecule has 1 saturated carbocycles. The summed E-state index contributed by atoms with van der Waals surface area (Å²) in [7, 11) is 0. The predicted octanol–water partition coefficient (Wildman–Crippen LogP) is 2.06. The molecular weight excluding hydrogens is 328 g/mol. The van der Waals surface area contributed by atoms with Gasteiger partial charge in [0, 0.05) is 36.5 Å². The highest BCUT2D eigenvalue weighted by Gasteiger charge is 2.70. The number of ether oxygens (including phenoxy) is 1. The molecule has 1 aromatic heterocycles. The van der Waals surface area contributed by atoms with Gasteiger partial charge in [-0.1, -0.05) is 24.3 Å². The van der Waals surface area contributed by atoms with Crippen LogP contribution in [0.25, 0.3) is 10.6 Å². The van der Waals surface area contributed by atoms with Crippen molar-refractivity contribution in [2.24, 2.45) is 5.41 Å². The van der Waals surface area contributed by atoms with E-state index in [2.05, 4.69) is 10.3 Å². The highest BCUT2D eigenvalue weighted by atomic mass is 32.1. The molecule has 2 bridgehead atoms. The molecule has 2 aromatic rings. The third-order valence-electron chi connectivity index (χ3n) is 4.83. The third kappa shape index (κ3) is 2.32. The summed E-state index contributed by atoms with van der Waals surface area (Å²) in [4.78, 5) is 27.8. The van der Waals surface area contributed by atoms with Gasteiger partial charge in [-0.25, -0.2) is 4.98 Å². The van der Waals surface area contributed by atoms with E-state index < -0.39 is 17.0 Å². The summed E-state index contributed by atoms with van der Waals surface area (Å²) in [5.41, 5.74) is 0.219. The number of rotatable bonds is 5. The van der Waals surface area contributed by atoms with Crippen LogP contribution in [0.2, 0.25) is 0 Å². The molecule has 0 atom stereocenters. The van der Waals surface area contributed by atoms with Gasteiger partial charge in [-0.05, 0) is 5.56 Å². The number of carboxylic acid groups (broad SMARTS) is 1. The Hall–Kier alpha value is -2.25. The predicted molar refractivity (Wildman–Crippen MR) is 87.4 cm³/mol. The van der Waals surface area contributed by atoms with Crippen LogP contribution in [0.4, 0.5) is 0 Å². The molecule has 0 spiro atoms. The van der Waals surface area contributed by atoms with Crippen molar-refractivity contribution in [2.75, 3.05) is 6.61 Å². The summed E-state index contributed by atoms with van der Waals surface area (Å²) in [6, 6.07) is 7.85. The van der Waals surface area contributed by atoms with Crippen LogP contribution in [0.3, 0.4) is 0 Å². The molecule has 3 heterocycles. The van der Waals surface area contributed by atoms with Gasteiger partial charge in [-0.3, -0.25) is 9.59 Å². The van der Waals surface area contributed by atoms with Crippen LogP contribution in [0, 0.1) is 5.41 Å². The maximum absolute atomic E-state index is 12.4. The number of benzene rings is 1. The van der Waals surface area contributed by atoms with Gasteiger partial charge in [-0.15, -0.1) is 11.3 Å². The SMILES string of the molecule is O=C(O)C12COC(C(=O)NCc3ccc(-c4nccs4)cc3)(C1)C2. The van der Waals surface area contributed by atoms with Crippen molar-refractivity contribution in [1.29, 1.82) is 0 Å². The molecule has 5 rings (SSSR count). The second kappa shape index (κ2) is 5.39. The van der Waals surface area contributed by atoms with E-state index in [9.17, 15) is 14.7 Å². The summed E-state index contributed by atoms with van der Waals surface area (Å²) in [5, 5.41) is 15.0. The van der Waals surface area contributed by atoms with E-state index in [-0.39, 0.29) is 25.4 Å². The Labute approximate surface area is 142 Å². The van der Waals surface area contributed by atoms with E-state index in [1.165, 1.54) is 0 Å². The lowest BCUT2D eigenvalue weighted by molar-refractivity contribution is -0.158. The van der Waals surface area contributed by atoms with Crippen LogP contribution < -0.4 is 5.32 Å². The minimum absolute atomic E-state index is 0.123. The van der Waals surface area contributed by atoms with Gasteiger partial charge < -0.3 is 15.2 Å². The summed E-state index contributed by atoms with van der Waals surface area (Å²) in [5.74, 6) is -1.10. The largest absolute Gasteiger partial charge is 0.481 e. The van der Waals surface area contributed by atoms with E-state index in [1.54, 1.807) is 17.5 Å². The lowest BCUT2D eigenvalue weighted by Crippen LogP contribution is -2.57. The van der Waals surface area contributed by atoms with Crippen molar-refractivity contribution in [2.45, 2.75) is 25.0 Å². The Morgan fingerprint density at radius 3 is 2.62 bits per heavy atom. The Kier molecular flexibility index (Phi) is 3.43. The monoisotopic (exact) mass is 344 g/mol. The van der Waals surface area contributed by atoms with Crippen LogP contribution in [-0.4, -0.2) is 34.2 Å². The van der Waals surface area contributed by atoms with Crippen molar-refractivity contribution >= 4 is 23.2 Å². The number of thiazole rings is 1. The second-order valence-electron chi connectivity index (χ2n) is 6.44. The zero-order valence-corrected chi connectivity index (χ0v) is 13.6. The molecule has 1 aliphatic carbocycles. The molecule has 1 amide bonds. The van der Waals surface area contributed by atoms with Gasteiger partial charge in [-0.2, -0.15) is 0 Å². The molecule has 2 saturated heterocycles. The minimum Gasteiger partial charge on any atom is -0.481 e. The van der Waals surface area contributed by atoms with Crippen LogP contribution >= 0.6 is 11.3 Å². The van der Waals surface area contributed by atoms with Crippen LogP contribution in [0.5, 0.6) is 0 Å². The smallest absolute Gasteiger partial charge is 0.312 e. The fourth-order valence-corrected chi connectivity index (χ4v) is 4.08. The molecule has 24 heavy (non-hydrogen) atoms. The Balaban J connectivity index is 1.36. The highest BCUT2D eigenvalue weighted by Crippen LogP contribution is 2.58. The van der Waals surface area contributed by atoms with E-state index in [1.807, 2.05) is 29.6 Å². The molecule has 124 valence electrons. The third-order valence-corrected chi connectivity index (χ3v) is 5.65. The van der Waals surface area contributed by atoms with Gasteiger partial charge >= 0.3 is 5.97 Å². The van der Waals surface area contributed by atoms with Crippen molar-refractivity contribution < 1.29 is 19.4 Å². The van der Waals surface area contributed by atoms with E-state index in [0.717, 1.165) is 16.1 Å². The number of nitrogens with one attached hydrogen (secondary N) is 1. The molecule has 0 radical (unpaired) electrons. The molecular formula is C17H16N2O4S. The number of carbonyl (C=O) groups excluding carboxylic acids is 1. The van der Waals surface area contributed by atoms with Crippen LogP contribution in [0.1, 0.15) is 18.4 Å². The topological polar surface area (TPSA) is 88.5 Å². The molecule has 3 aliphatic rings. The zero-order valence-electron chi connectivity index (χ0n) is 12.8. The fourth-order valence-electron chi connectivity index (χ4n) is 3.44. The summed E-state index contributed by atoms with van der Waals surface area (Å²) < 4.78 is 5.50. The van der Waals surface area contributed by atoms with Gasteiger partial charge in [0.05, 0.1) is 12.0 Å². The summed E-state index contributed by atoms with van der Waals surface area (Å²) >= 11 is 1.58. The standard InChI is InChI=1S/C17H16N2O4S/c20-14(17-8-16(9-17,10-23-17)15(21)22)19-7-11-1-3-12(4-2-11)13-18-5-6-24-13/h1-6H,7-10H2,(H,19,20)(H,21,22). The van der Waals surface area contributed by atoms with Crippen LogP contribution in [0.15, 0.2) is 35.8 Å². The molecule has 6 nitrogen and oxygen atoms in total. The van der Waals surface area contributed by atoms with Gasteiger partial charge in [0.1, 0.15) is 10.6 Å². The number of hydrogen-bond donors (Lipinski definition) is 2. The Morgan fingerprint density at radius 1 is 1.29 bits per heavy atom. The maximum atomic E-state index is 12.4. The first-order chi connectivity index (χ1) is 11.5. The van der Waals surface area contributed by atoms with Gasteiger partial charge in [0.15, 0.2) is 0 Å². The van der Waals surface area contributed by atoms with Crippen molar-refractivity contribution in [3.05, 3.63) is 41.4 Å². The number of aromatic nitrogens is 1. The average Bonchev–Trinajstić information content (AvgIpc) is 3.27. The number of nitrogens with zero attached hydrogens (tertiary/aromatic N) is 1. The first kappa shape index (κ1) is 15.3. The highest BCUT2D eigenvalue weighted by molar-refractivity contribution is 7.13. The van der Waals surface area contributed by atoms with Crippen molar-refractivity contribution in [3.63, 3.8) is 0 Å². The maximum Gasteiger partial charge on any atom is 0.312 e. The number of fused-ring (bicyclic) bond motifs is 1. The first-order valence-electron chi connectivity index (χ1n) is 7.68. The quantitative estimate of drug-likeness (QED) is 0.867. The molecule has 7 heteroatoms. The number of amides is 1. The Bertz CT molecular complexity index is 779. The molecule has 2 N–H and O–H groups in total. The number of hydrogen-bond acceptors (Lipinski definition) is 5. The van der Waals surface area contributed by atoms with Crippen molar-refractivity contribution in [3.8, 4) is 10.6 Å². The zero-order chi connectivity index (χ0) is 16.8. The van der Waals surface area contributed by atoms with Crippen LogP contribution in [-0.2, 0) is 20.9 Å². The first-order valence-corrected chi connectivity index (χ1v) is 8.56. The number of aliphatic carboxylic acids is 1. The molecule has 2 aliphatic heterocycles. The fraction of sp³-hybridized carbons (Fsp3) is 0.353. The second-order valence-corrected chi connectivity index (χ2v) is 7.33. The van der Waals surface area contributed by atoms with Gasteiger partial charge in [0.25, 0.3) is 5.91 Å². The van der Waals surface area contributed by atoms with E-state index >= 15 is 0 Å². The lowest BCUT2D eigenvalue weighted by Gasteiger charge is -2.40. The lowest BCUT2D eigenvalue weighted by atomic mass is 9.62. The number of carboxylic acids is 1. The summed E-state index contributed by atoms with van der Waals surface area (Å²) in [6.45, 7) is 0.514. The van der Waals surface area contributed by atoms with Gasteiger partial charge in [0.2, 0.25) is 0 Å². The Morgan fingerprint density at radius 2 is 2.04 bits per heavy atom. The van der Waals surface area contributed by atoms with Crippen molar-refractivity contribution in [1.82, 2.24) is 10.3 Å². The molecule has 3 fully saturated rings. The summed E-state index contributed by atoms with van der Waals surface area (Å²) in [6.07, 6.45) is 2.30. The molecule has 1 aromatic carbocycles.